The van der Waals surface area contributed by atoms with Crippen LogP contribution in [0.2, 0.25) is 0 Å². The number of methoxy groups -OCH3 is 1. The topological polar surface area (TPSA) is 27.1 Å². The van der Waals surface area contributed by atoms with E-state index in [1.807, 2.05) is 30.3 Å². The first kappa shape index (κ1) is 14.0. The Balaban J connectivity index is 1.99. The summed E-state index contributed by atoms with van der Waals surface area (Å²) in [6, 6.07) is 16.3. The lowest BCUT2D eigenvalue weighted by Gasteiger charge is -2.09. The van der Waals surface area contributed by atoms with Crippen molar-refractivity contribution >= 4 is 22.6 Å². The number of imidazole rings is 1. The van der Waals surface area contributed by atoms with Crippen molar-refractivity contribution in [3.8, 4) is 5.75 Å². The smallest absolute Gasteiger partial charge is 0.118 e. The third-order valence-corrected chi connectivity index (χ3v) is 3.74. The molecule has 2 aromatic carbocycles. The molecule has 0 radical (unpaired) electrons. The minimum Gasteiger partial charge on any atom is -0.497 e. The number of alkyl halides is 1. The van der Waals surface area contributed by atoms with E-state index < -0.39 is 0 Å². The lowest BCUT2D eigenvalue weighted by molar-refractivity contribution is 0.414. The number of hydrogen-bond acceptors (Lipinski definition) is 2. The van der Waals surface area contributed by atoms with Crippen LogP contribution in [0.1, 0.15) is 11.4 Å². The van der Waals surface area contributed by atoms with Gasteiger partial charge in [-0.05, 0) is 29.8 Å². The predicted molar refractivity (Wildman–Crippen MR) is 86.3 cm³/mol. The molecule has 1 aromatic heterocycles. The summed E-state index contributed by atoms with van der Waals surface area (Å²) >= 11 is 5.91. The van der Waals surface area contributed by atoms with Gasteiger partial charge < -0.3 is 9.30 Å². The van der Waals surface area contributed by atoms with Gasteiger partial charge in [-0.1, -0.05) is 24.3 Å². The fourth-order valence-corrected chi connectivity index (χ4v) is 2.66. The highest BCUT2D eigenvalue weighted by molar-refractivity contribution is 6.17. The van der Waals surface area contributed by atoms with E-state index >= 15 is 0 Å². The summed E-state index contributed by atoms with van der Waals surface area (Å²) in [7, 11) is 1.68. The van der Waals surface area contributed by atoms with Crippen molar-refractivity contribution < 1.29 is 4.74 Å². The Bertz CT molecular complexity index is 734. The first-order valence-corrected chi connectivity index (χ1v) is 7.48. The van der Waals surface area contributed by atoms with Gasteiger partial charge in [0.15, 0.2) is 0 Å². The van der Waals surface area contributed by atoms with Crippen LogP contribution in [0.4, 0.5) is 0 Å². The number of para-hydroxylation sites is 2. The van der Waals surface area contributed by atoms with Gasteiger partial charge >= 0.3 is 0 Å². The van der Waals surface area contributed by atoms with E-state index in [1.165, 1.54) is 5.56 Å². The lowest BCUT2D eigenvalue weighted by Crippen LogP contribution is -2.06. The second-order valence-electron chi connectivity index (χ2n) is 4.89. The molecule has 0 saturated heterocycles. The Morgan fingerprint density at radius 1 is 1.10 bits per heavy atom. The minimum absolute atomic E-state index is 0.575. The number of halogens is 1. The van der Waals surface area contributed by atoms with E-state index in [9.17, 15) is 0 Å². The lowest BCUT2D eigenvalue weighted by atomic mass is 10.2. The largest absolute Gasteiger partial charge is 0.497 e. The van der Waals surface area contributed by atoms with Gasteiger partial charge in [0.25, 0.3) is 0 Å². The summed E-state index contributed by atoms with van der Waals surface area (Å²) in [5.74, 6) is 2.48. The third kappa shape index (κ3) is 2.88. The maximum absolute atomic E-state index is 5.91. The molecule has 3 aromatic rings. The Hall–Kier alpha value is -2.00. The average Bonchev–Trinajstić information content (AvgIpc) is 2.86. The molecule has 0 aliphatic rings. The van der Waals surface area contributed by atoms with Gasteiger partial charge in [-0.25, -0.2) is 4.98 Å². The normalized spacial score (nSPS) is 11.0. The number of ether oxygens (including phenoxy) is 1. The summed E-state index contributed by atoms with van der Waals surface area (Å²) < 4.78 is 7.44. The number of fused-ring (bicyclic) bond motifs is 1. The summed E-state index contributed by atoms with van der Waals surface area (Å²) in [6.45, 7) is 0.788. The number of rotatable bonds is 5. The van der Waals surface area contributed by atoms with E-state index in [0.717, 1.165) is 35.6 Å². The van der Waals surface area contributed by atoms with E-state index in [-0.39, 0.29) is 0 Å². The maximum atomic E-state index is 5.91. The van der Waals surface area contributed by atoms with Gasteiger partial charge in [-0.3, -0.25) is 0 Å². The number of nitrogens with zero attached hydrogens (tertiary/aromatic N) is 2. The molecule has 21 heavy (non-hydrogen) atoms. The highest BCUT2D eigenvalue weighted by Gasteiger charge is 2.10. The monoisotopic (exact) mass is 300 g/mol. The molecule has 3 rings (SSSR count). The third-order valence-electron chi connectivity index (χ3n) is 3.55. The molecule has 1 heterocycles. The van der Waals surface area contributed by atoms with Crippen LogP contribution >= 0.6 is 11.6 Å². The van der Waals surface area contributed by atoms with Crippen LogP contribution < -0.4 is 4.74 Å². The van der Waals surface area contributed by atoms with E-state index in [0.29, 0.717) is 5.88 Å². The maximum Gasteiger partial charge on any atom is 0.118 e. The Morgan fingerprint density at radius 3 is 2.57 bits per heavy atom. The Morgan fingerprint density at radius 2 is 1.86 bits per heavy atom. The van der Waals surface area contributed by atoms with Gasteiger partial charge in [0, 0.05) is 18.8 Å². The van der Waals surface area contributed by atoms with Crippen LogP contribution in [0.25, 0.3) is 11.0 Å². The van der Waals surface area contributed by atoms with Gasteiger partial charge in [0.2, 0.25) is 0 Å². The zero-order valence-electron chi connectivity index (χ0n) is 11.9. The van der Waals surface area contributed by atoms with Crippen molar-refractivity contribution in [2.75, 3.05) is 13.0 Å². The highest BCUT2D eigenvalue weighted by Crippen LogP contribution is 2.20. The van der Waals surface area contributed by atoms with Crippen LogP contribution in [0.3, 0.4) is 0 Å². The average molecular weight is 301 g/mol. The molecule has 0 N–H and O–H groups in total. The van der Waals surface area contributed by atoms with Crippen LogP contribution in [0.15, 0.2) is 48.5 Å². The zero-order chi connectivity index (χ0) is 14.7. The van der Waals surface area contributed by atoms with Crippen molar-refractivity contribution in [1.29, 1.82) is 0 Å². The van der Waals surface area contributed by atoms with Gasteiger partial charge in [0.05, 0.1) is 18.1 Å². The SMILES string of the molecule is COc1ccc(Cn2c(CCCl)nc3ccccc32)cc1. The van der Waals surface area contributed by atoms with Crippen molar-refractivity contribution in [2.24, 2.45) is 0 Å². The second kappa shape index (κ2) is 6.19. The molecule has 0 fully saturated rings. The van der Waals surface area contributed by atoms with Crippen molar-refractivity contribution in [3.05, 3.63) is 59.9 Å². The molecule has 0 amide bonds. The van der Waals surface area contributed by atoms with E-state index in [4.69, 9.17) is 16.3 Å². The number of aryl methyl sites for hydroxylation is 1. The van der Waals surface area contributed by atoms with Crippen LogP contribution in [0, 0.1) is 0 Å². The Kier molecular flexibility index (Phi) is 4.11. The first-order valence-electron chi connectivity index (χ1n) is 6.95. The van der Waals surface area contributed by atoms with Crippen LogP contribution in [-0.4, -0.2) is 22.5 Å². The predicted octanol–water partition coefficient (Wildman–Crippen LogP) is 3.87. The summed E-state index contributed by atoms with van der Waals surface area (Å²) in [5.41, 5.74) is 3.38. The quantitative estimate of drug-likeness (QED) is 0.669. The molecule has 0 aliphatic carbocycles. The van der Waals surface area contributed by atoms with Gasteiger partial charge in [-0.2, -0.15) is 0 Å². The van der Waals surface area contributed by atoms with Crippen molar-refractivity contribution in [2.45, 2.75) is 13.0 Å². The fraction of sp³-hybridized carbons (Fsp3) is 0.235. The van der Waals surface area contributed by atoms with Crippen molar-refractivity contribution in [3.63, 3.8) is 0 Å². The zero-order valence-corrected chi connectivity index (χ0v) is 12.7. The number of hydrogen-bond donors (Lipinski definition) is 0. The number of benzene rings is 2. The molecule has 0 spiro atoms. The van der Waals surface area contributed by atoms with Gasteiger partial charge in [0.1, 0.15) is 11.6 Å². The molecule has 0 aliphatic heterocycles. The molecule has 108 valence electrons. The molecule has 4 heteroatoms. The van der Waals surface area contributed by atoms with Crippen molar-refractivity contribution in [1.82, 2.24) is 9.55 Å². The summed E-state index contributed by atoms with van der Waals surface area (Å²) in [5, 5.41) is 0. The van der Waals surface area contributed by atoms with E-state index in [2.05, 4.69) is 27.8 Å². The van der Waals surface area contributed by atoms with Crippen LogP contribution in [0.5, 0.6) is 5.75 Å². The standard InChI is InChI=1S/C17H17ClN2O/c1-21-14-8-6-13(7-9-14)12-20-16-5-3-2-4-15(16)19-17(20)10-11-18/h2-9H,10-12H2,1H3. The molecular weight excluding hydrogens is 284 g/mol. The van der Waals surface area contributed by atoms with Crippen LogP contribution in [-0.2, 0) is 13.0 Å². The fourth-order valence-electron chi connectivity index (χ4n) is 2.49. The van der Waals surface area contributed by atoms with E-state index in [1.54, 1.807) is 7.11 Å². The molecule has 0 saturated carbocycles. The highest BCUT2D eigenvalue weighted by atomic mass is 35.5. The summed E-state index contributed by atoms with van der Waals surface area (Å²) in [6.07, 6.45) is 0.770. The molecular formula is C17H17ClN2O. The minimum atomic E-state index is 0.575. The molecule has 0 atom stereocenters. The first-order chi connectivity index (χ1) is 10.3. The number of aromatic nitrogens is 2. The van der Waals surface area contributed by atoms with Gasteiger partial charge in [-0.15, -0.1) is 11.6 Å². The molecule has 0 bridgehead atoms. The summed E-state index contributed by atoms with van der Waals surface area (Å²) in [4.78, 5) is 4.69. The second-order valence-corrected chi connectivity index (χ2v) is 5.27. The Labute approximate surface area is 129 Å². The molecule has 3 nitrogen and oxygen atoms in total. The molecule has 0 unspecified atom stereocenters.